The molecule has 0 fully saturated rings. The zero-order valence-corrected chi connectivity index (χ0v) is 20.3. The lowest BCUT2D eigenvalue weighted by Gasteiger charge is -2.21. The third-order valence-electron chi connectivity index (χ3n) is 5.50. The van der Waals surface area contributed by atoms with Gasteiger partial charge < -0.3 is 19.8 Å². The Morgan fingerprint density at radius 2 is 1.85 bits per heavy atom. The van der Waals surface area contributed by atoms with Crippen LogP contribution in [0.15, 0.2) is 52.6 Å². The summed E-state index contributed by atoms with van der Waals surface area (Å²) in [5.41, 5.74) is 3.22. The fraction of sp³-hybridized carbons (Fsp3) is 0.308. The quantitative estimate of drug-likeness (QED) is 0.377. The molecule has 4 rings (SSSR count). The van der Waals surface area contributed by atoms with Gasteiger partial charge in [-0.1, -0.05) is 31.2 Å². The number of rotatable bonds is 5. The molecule has 0 aliphatic heterocycles. The molecule has 0 spiro atoms. The van der Waals surface area contributed by atoms with Crippen molar-refractivity contribution in [3.05, 3.63) is 63.8 Å². The van der Waals surface area contributed by atoms with Gasteiger partial charge in [0.1, 0.15) is 16.1 Å². The number of methoxy groups -OCH3 is 1. The lowest BCUT2D eigenvalue weighted by molar-refractivity contribution is 0.0525. The topological polar surface area (TPSA) is 80.4 Å². The maximum atomic E-state index is 12.4. The Morgan fingerprint density at radius 3 is 2.52 bits per heavy atom. The molecule has 2 N–H and O–H groups in total. The van der Waals surface area contributed by atoms with Crippen LogP contribution in [0, 0.1) is 0 Å². The number of carbonyl (C=O) groups excluding carboxylic acids is 1. The van der Waals surface area contributed by atoms with Crippen LogP contribution < -0.4 is 15.6 Å². The summed E-state index contributed by atoms with van der Waals surface area (Å²) in [6.45, 7) is 8.06. The normalized spacial score (nSPS) is 12.6. The summed E-state index contributed by atoms with van der Waals surface area (Å²) in [7, 11) is 1.65. The van der Waals surface area contributed by atoms with Crippen molar-refractivity contribution in [1.29, 1.82) is 0 Å². The minimum Gasteiger partial charge on any atom is -0.496 e. The molecular formula is C26H28N2O4S. The molecule has 1 amide bonds. The van der Waals surface area contributed by atoms with Crippen LogP contribution in [0.2, 0.25) is 0 Å². The number of carbonyl (C=O) groups is 1. The van der Waals surface area contributed by atoms with Crippen molar-refractivity contribution in [2.75, 3.05) is 13.7 Å². The SMILES string of the molecule is COc1ccc2[nH]c(=O)c3sccc3c2c1-c1ccc([C@H](C)CNC(=O)OC(C)(C)C)cc1. The third-order valence-corrected chi connectivity index (χ3v) is 6.41. The van der Waals surface area contributed by atoms with E-state index in [2.05, 4.69) is 41.5 Å². The van der Waals surface area contributed by atoms with E-state index in [0.29, 0.717) is 11.2 Å². The zero-order chi connectivity index (χ0) is 23.8. The fourth-order valence-electron chi connectivity index (χ4n) is 3.93. The number of fused-ring (bicyclic) bond motifs is 3. The molecule has 172 valence electrons. The average Bonchev–Trinajstić information content (AvgIpc) is 3.26. The lowest BCUT2D eigenvalue weighted by Crippen LogP contribution is -2.34. The van der Waals surface area contributed by atoms with Crippen LogP contribution in [0.3, 0.4) is 0 Å². The third kappa shape index (κ3) is 4.73. The molecule has 0 bridgehead atoms. The highest BCUT2D eigenvalue weighted by Crippen LogP contribution is 2.40. The highest BCUT2D eigenvalue weighted by Gasteiger charge is 2.18. The van der Waals surface area contributed by atoms with Crippen LogP contribution in [-0.4, -0.2) is 30.3 Å². The van der Waals surface area contributed by atoms with Crippen LogP contribution in [0.1, 0.15) is 39.2 Å². The molecule has 4 aromatic rings. The van der Waals surface area contributed by atoms with Crippen LogP contribution in [0.4, 0.5) is 4.79 Å². The number of nitrogens with one attached hydrogen (secondary N) is 2. The van der Waals surface area contributed by atoms with Crippen LogP contribution in [0.5, 0.6) is 5.75 Å². The van der Waals surface area contributed by atoms with Gasteiger partial charge in [-0.05, 0) is 61.4 Å². The summed E-state index contributed by atoms with van der Waals surface area (Å²) in [4.78, 5) is 27.4. The van der Waals surface area contributed by atoms with E-state index in [1.54, 1.807) is 7.11 Å². The van der Waals surface area contributed by atoms with Crippen molar-refractivity contribution in [1.82, 2.24) is 10.3 Å². The van der Waals surface area contributed by atoms with Crippen molar-refractivity contribution in [3.63, 3.8) is 0 Å². The number of benzene rings is 2. The van der Waals surface area contributed by atoms with E-state index in [4.69, 9.17) is 9.47 Å². The number of hydrogen-bond acceptors (Lipinski definition) is 5. The standard InChI is InChI=1S/C26H28N2O4S/c1-15(14-27-25(30)32-26(2,3)4)16-6-8-17(9-7-16)21-20(31-5)11-10-19-22(21)18-12-13-33-23(18)24(29)28-19/h6-13,15H,14H2,1-5H3,(H,27,30)(H,28,29)/t15-/m1/s1. The van der Waals surface area contributed by atoms with Crippen LogP contribution in [-0.2, 0) is 4.74 Å². The van der Waals surface area contributed by atoms with Crippen molar-refractivity contribution in [2.45, 2.75) is 39.2 Å². The number of H-pyrrole nitrogens is 1. The zero-order valence-electron chi connectivity index (χ0n) is 19.4. The van der Waals surface area contributed by atoms with Gasteiger partial charge in [-0.15, -0.1) is 11.3 Å². The fourth-order valence-corrected chi connectivity index (χ4v) is 4.73. The van der Waals surface area contributed by atoms with Crippen molar-refractivity contribution < 1.29 is 14.3 Å². The van der Waals surface area contributed by atoms with E-state index in [0.717, 1.165) is 38.7 Å². The Balaban J connectivity index is 1.66. The second kappa shape index (κ2) is 8.90. The van der Waals surface area contributed by atoms with E-state index in [1.807, 2.05) is 44.4 Å². The highest BCUT2D eigenvalue weighted by molar-refractivity contribution is 7.17. The summed E-state index contributed by atoms with van der Waals surface area (Å²) < 4.78 is 11.7. The second-order valence-electron chi connectivity index (χ2n) is 9.09. The number of ether oxygens (including phenoxy) is 2. The van der Waals surface area contributed by atoms with Gasteiger partial charge in [-0.3, -0.25) is 4.79 Å². The predicted molar refractivity (Wildman–Crippen MR) is 135 cm³/mol. The first-order chi connectivity index (χ1) is 15.7. The first kappa shape index (κ1) is 22.9. The Kier molecular flexibility index (Phi) is 6.17. The Labute approximate surface area is 196 Å². The average molecular weight is 465 g/mol. The highest BCUT2D eigenvalue weighted by atomic mass is 32.1. The molecule has 1 atom stereocenters. The summed E-state index contributed by atoms with van der Waals surface area (Å²) in [5, 5.41) is 6.66. The van der Waals surface area contributed by atoms with E-state index in [-0.39, 0.29) is 11.5 Å². The van der Waals surface area contributed by atoms with Crippen molar-refractivity contribution in [3.8, 4) is 16.9 Å². The van der Waals surface area contributed by atoms with Gasteiger partial charge in [0, 0.05) is 28.4 Å². The molecule has 6 nitrogen and oxygen atoms in total. The molecule has 0 saturated carbocycles. The van der Waals surface area contributed by atoms with Gasteiger partial charge in [0.2, 0.25) is 0 Å². The Bertz CT molecular complexity index is 1360. The minimum absolute atomic E-state index is 0.0784. The summed E-state index contributed by atoms with van der Waals surface area (Å²) in [5.74, 6) is 0.857. The number of hydrogen-bond donors (Lipinski definition) is 2. The summed E-state index contributed by atoms with van der Waals surface area (Å²) >= 11 is 1.43. The molecular weight excluding hydrogens is 436 g/mol. The van der Waals surface area contributed by atoms with Crippen LogP contribution in [0.25, 0.3) is 32.1 Å². The first-order valence-corrected chi connectivity index (χ1v) is 11.7. The van der Waals surface area contributed by atoms with E-state index in [9.17, 15) is 9.59 Å². The molecule has 0 aliphatic rings. The molecule has 2 heterocycles. The van der Waals surface area contributed by atoms with E-state index in [1.165, 1.54) is 11.3 Å². The van der Waals surface area contributed by atoms with Crippen molar-refractivity contribution >= 4 is 38.4 Å². The number of aromatic nitrogens is 1. The lowest BCUT2D eigenvalue weighted by atomic mass is 9.94. The summed E-state index contributed by atoms with van der Waals surface area (Å²) in [6, 6.07) is 14.0. The van der Waals surface area contributed by atoms with Gasteiger partial charge in [-0.2, -0.15) is 0 Å². The number of alkyl carbamates (subject to hydrolysis) is 1. The van der Waals surface area contributed by atoms with Gasteiger partial charge >= 0.3 is 6.09 Å². The number of amides is 1. The molecule has 2 aromatic heterocycles. The molecule has 0 radical (unpaired) electrons. The Morgan fingerprint density at radius 1 is 1.12 bits per heavy atom. The Hall–Kier alpha value is -3.32. The molecule has 0 saturated heterocycles. The second-order valence-corrected chi connectivity index (χ2v) is 10.0. The van der Waals surface area contributed by atoms with E-state index >= 15 is 0 Å². The predicted octanol–water partition coefficient (Wildman–Crippen LogP) is 6.05. The number of thiophene rings is 1. The summed E-state index contributed by atoms with van der Waals surface area (Å²) in [6.07, 6.45) is -0.416. The van der Waals surface area contributed by atoms with Gasteiger partial charge in [0.05, 0.1) is 7.11 Å². The van der Waals surface area contributed by atoms with Crippen LogP contribution >= 0.6 is 11.3 Å². The smallest absolute Gasteiger partial charge is 0.407 e. The molecule has 7 heteroatoms. The molecule has 0 unspecified atom stereocenters. The maximum absolute atomic E-state index is 12.4. The monoisotopic (exact) mass is 464 g/mol. The first-order valence-electron chi connectivity index (χ1n) is 10.9. The minimum atomic E-state index is -0.523. The van der Waals surface area contributed by atoms with E-state index < -0.39 is 11.7 Å². The number of aromatic amines is 1. The van der Waals surface area contributed by atoms with Gasteiger partial charge in [-0.25, -0.2) is 4.79 Å². The molecule has 2 aromatic carbocycles. The largest absolute Gasteiger partial charge is 0.496 e. The van der Waals surface area contributed by atoms with Gasteiger partial charge in [0.25, 0.3) is 5.56 Å². The van der Waals surface area contributed by atoms with Crippen molar-refractivity contribution in [2.24, 2.45) is 0 Å². The molecule has 0 aliphatic carbocycles. The maximum Gasteiger partial charge on any atom is 0.407 e. The van der Waals surface area contributed by atoms with Gasteiger partial charge in [0.15, 0.2) is 0 Å². The molecule has 33 heavy (non-hydrogen) atoms. The number of pyridine rings is 1.